The number of halogens is 3. The number of alkyl halides is 1. The van der Waals surface area contributed by atoms with E-state index >= 15 is 0 Å². The summed E-state index contributed by atoms with van der Waals surface area (Å²) in [6, 6.07) is 2.63. The summed E-state index contributed by atoms with van der Waals surface area (Å²) in [4.78, 5) is 0. The molecule has 1 aliphatic carbocycles. The van der Waals surface area contributed by atoms with Gasteiger partial charge in [-0.2, -0.15) is 0 Å². The minimum absolute atomic E-state index is 0.231. The zero-order valence-electron chi connectivity index (χ0n) is 10.2. The molecule has 0 heterocycles. The fourth-order valence-corrected chi connectivity index (χ4v) is 2.71. The second-order valence-electron chi connectivity index (χ2n) is 4.84. The summed E-state index contributed by atoms with van der Waals surface area (Å²) in [5.74, 6) is -1.01. The minimum atomic E-state index is -0.611. The van der Waals surface area contributed by atoms with Crippen LogP contribution < -0.4 is 4.74 Å². The van der Waals surface area contributed by atoms with Crippen molar-refractivity contribution in [3.8, 4) is 5.75 Å². The fourth-order valence-electron chi connectivity index (χ4n) is 2.38. The van der Waals surface area contributed by atoms with Gasteiger partial charge in [0.05, 0.1) is 6.61 Å². The van der Waals surface area contributed by atoms with Crippen molar-refractivity contribution in [3.05, 3.63) is 29.3 Å². The quantitative estimate of drug-likeness (QED) is 0.723. The Morgan fingerprint density at radius 2 is 1.72 bits per heavy atom. The topological polar surface area (TPSA) is 9.23 Å². The van der Waals surface area contributed by atoms with E-state index in [1.165, 1.54) is 31.4 Å². The second kappa shape index (κ2) is 6.50. The van der Waals surface area contributed by atoms with Gasteiger partial charge in [-0.25, -0.2) is 8.78 Å². The van der Waals surface area contributed by atoms with E-state index in [0.29, 0.717) is 23.4 Å². The van der Waals surface area contributed by atoms with Crippen molar-refractivity contribution in [2.75, 3.05) is 6.61 Å². The Morgan fingerprint density at radius 1 is 1.11 bits per heavy atom. The Bertz CT molecular complexity index is 380. The van der Waals surface area contributed by atoms with E-state index in [0.717, 1.165) is 12.8 Å². The monoisotopic (exact) mass is 318 g/mol. The second-order valence-corrected chi connectivity index (χ2v) is 5.40. The van der Waals surface area contributed by atoms with Gasteiger partial charge < -0.3 is 4.74 Å². The summed E-state index contributed by atoms with van der Waals surface area (Å²) in [6.45, 7) is 0.418. The average Bonchev–Trinajstić information content (AvgIpc) is 2.38. The maximum absolute atomic E-state index is 13.7. The Balaban J connectivity index is 2.00. The molecular weight excluding hydrogens is 302 g/mol. The largest absolute Gasteiger partial charge is 0.487 e. The molecule has 0 N–H and O–H groups in total. The molecule has 1 aliphatic rings. The number of hydrogen-bond acceptors (Lipinski definition) is 1. The molecule has 1 aromatic carbocycles. The van der Waals surface area contributed by atoms with E-state index in [-0.39, 0.29) is 5.75 Å². The Hall–Kier alpha value is -0.640. The van der Waals surface area contributed by atoms with Gasteiger partial charge in [0.2, 0.25) is 0 Å². The first kappa shape index (κ1) is 13.8. The lowest BCUT2D eigenvalue weighted by Gasteiger charge is -2.22. The number of rotatable bonds is 4. The molecule has 1 nitrogen and oxygen atoms in total. The Labute approximate surface area is 115 Å². The van der Waals surface area contributed by atoms with E-state index < -0.39 is 11.6 Å². The molecule has 0 aromatic heterocycles. The van der Waals surface area contributed by atoms with Crippen LogP contribution in [0.1, 0.15) is 37.7 Å². The summed E-state index contributed by atoms with van der Waals surface area (Å²) in [5, 5.41) is 0.434. The first-order valence-corrected chi connectivity index (χ1v) is 7.49. The highest BCUT2D eigenvalue weighted by molar-refractivity contribution is 9.08. The lowest BCUT2D eigenvalue weighted by molar-refractivity contribution is 0.195. The molecule has 100 valence electrons. The molecular formula is C14H17BrF2O. The highest BCUT2D eigenvalue weighted by Crippen LogP contribution is 2.28. The van der Waals surface area contributed by atoms with Gasteiger partial charge in [0, 0.05) is 5.33 Å². The molecule has 0 atom stereocenters. The third kappa shape index (κ3) is 3.44. The lowest BCUT2D eigenvalue weighted by Crippen LogP contribution is -2.16. The summed E-state index contributed by atoms with van der Waals surface area (Å²) < 4.78 is 32.7. The van der Waals surface area contributed by atoms with Gasteiger partial charge in [0.15, 0.2) is 17.4 Å². The minimum Gasteiger partial charge on any atom is -0.487 e. The molecule has 0 saturated heterocycles. The van der Waals surface area contributed by atoms with Gasteiger partial charge in [-0.3, -0.25) is 0 Å². The summed E-state index contributed by atoms with van der Waals surface area (Å²) >= 11 is 3.18. The van der Waals surface area contributed by atoms with Crippen LogP contribution in [0.15, 0.2) is 12.1 Å². The van der Waals surface area contributed by atoms with Crippen molar-refractivity contribution in [2.45, 2.75) is 37.4 Å². The van der Waals surface area contributed by atoms with Crippen molar-refractivity contribution >= 4 is 15.9 Å². The summed E-state index contributed by atoms with van der Waals surface area (Å²) in [7, 11) is 0. The molecule has 0 unspecified atom stereocenters. The van der Waals surface area contributed by atoms with Crippen molar-refractivity contribution < 1.29 is 13.5 Å². The smallest absolute Gasteiger partial charge is 0.190 e. The van der Waals surface area contributed by atoms with E-state index in [9.17, 15) is 8.78 Å². The molecule has 1 fully saturated rings. The van der Waals surface area contributed by atoms with Crippen LogP contribution in [-0.4, -0.2) is 6.61 Å². The van der Waals surface area contributed by atoms with Crippen molar-refractivity contribution in [3.63, 3.8) is 0 Å². The van der Waals surface area contributed by atoms with Gasteiger partial charge >= 0.3 is 0 Å². The van der Waals surface area contributed by atoms with Crippen LogP contribution in [0.5, 0.6) is 5.75 Å². The number of hydrogen-bond donors (Lipinski definition) is 0. The van der Waals surface area contributed by atoms with Gasteiger partial charge in [0.25, 0.3) is 0 Å². The van der Waals surface area contributed by atoms with Crippen LogP contribution in [0.4, 0.5) is 8.78 Å². The number of benzene rings is 1. The predicted molar refractivity (Wildman–Crippen MR) is 71.1 cm³/mol. The zero-order chi connectivity index (χ0) is 13.0. The van der Waals surface area contributed by atoms with Crippen LogP contribution in [0, 0.1) is 17.6 Å². The predicted octanol–water partition coefficient (Wildman–Crippen LogP) is 4.82. The Morgan fingerprint density at radius 3 is 2.28 bits per heavy atom. The maximum atomic E-state index is 13.7. The van der Waals surface area contributed by atoms with Crippen LogP contribution in [0.3, 0.4) is 0 Å². The maximum Gasteiger partial charge on any atom is 0.190 e. The van der Waals surface area contributed by atoms with E-state index in [4.69, 9.17) is 4.74 Å². The highest BCUT2D eigenvalue weighted by Gasteiger charge is 2.17. The van der Waals surface area contributed by atoms with Gasteiger partial charge in [-0.05, 0) is 36.5 Å². The number of ether oxygens (including phenoxy) is 1. The molecule has 0 radical (unpaired) electrons. The van der Waals surface area contributed by atoms with Crippen LogP contribution >= 0.6 is 15.9 Å². The van der Waals surface area contributed by atoms with Gasteiger partial charge in [-0.1, -0.05) is 35.2 Å². The Kier molecular flexibility index (Phi) is 4.98. The SMILES string of the molecule is Fc1cc(CBr)cc(F)c1OCC1CCCCC1. The van der Waals surface area contributed by atoms with Crippen molar-refractivity contribution in [2.24, 2.45) is 5.92 Å². The van der Waals surface area contributed by atoms with Crippen LogP contribution in [-0.2, 0) is 5.33 Å². The molecule has 1 saturated carbocycles. The van der Waals surface area contributed by atoms with Crippen molar-refractivity contribution in [1.29, 1.82) is 0 Å². The molecule has 0 amide bonds. The lowest BCUT2D eigenvalue weighted by atomic mass is 9.90. The average molecular weight is 319 g/mol. The third-order valence-electron chi connectivity index (χ3n) is 3.40. The molecule has 0 aliphatic heterocycles. The fraction of sp³-hybridized carbons (Fsp3) is 0.571. The van der Waals surface area contributed by atoms with Crippen molar-refractivity contribution in [1.82, 2.24) is 0 Å². The molecule has 2 rings (SSSR count). The molecule has 4 heteroatoms. The van der Waals surface area contributed by atoms with Crippen LogP contribution in [0.2, 0.25) is 0 Å². The van der Waals surface area contributed by atoms with E-state index in [1.54, 1.807) is 0 Å². The van der Waals surface area contributed by atoms with E-state index in [2.05, 4.69) is 15.9 Å². The van der Waals surface area contributed by atoms with Gasteiger partial charge in [-0.15, -0.1) is 0 Å². The zero-order valence-corrected chi connectivity index (χ0v) is 11.8. The van der Waals surface area contributed by atoms with Crippen LogP contribution in [0.25, 0.3) is 0 Å². The highest BCUT2D eigenvalue weighted by atomic mass is 79.9. The molecule has 1 aromatic rings. The molecule has 18 heavy (non-hydrogen) atoms. The molecule has 0 spiro atoms. The third-order valence-corrected chi connectivity index (χ3v) is 4.05. The normalized spacial score (nSPS) is 16.8. The van der Waals surface area contributed by atoms with Gasteiger partial charge in [0.1, 0.15) is 0 Å². The summed E-state index contributed by atoms with van der Waals surface area (Å²) in [6.07, 6.45) is 5.85. The van der Waals surface area contributed by atoms with E-state index in [1.807, 2.05) is 0 Å². The first-order chi connectivity index (χ1) is 8.70. The standard InChI is InChI=1S/C14H17BrF2O/c15-8-11-6-12(16)14(13(17)7-11)18-9-10-4-2-1-3-5-10/h6-7,10H,1-5,8-9H2. The molecule has 0 bridgehead atoms. The summed E-state index contributed by atoms with van der Waals surface area (Å²) in [5.41, 5.74) is 0.579. The first-order valence-electron chi connectivity index (χ1n) is 6.37.